The molecule has 1 saturated heterocycles. The van der Waals surface area contributed by atoms with E-state index >= 15 is 0 Å². The highest BCUT2D eigenvalue weighted by molar-refractivity contribution is 5.31. The Kier molecular flexibility index (Phi) is 4.51. The molecule has 1 unspecified atom stereocenters. The molecule has 1 N–H and O–H groups in total. The smallest absolute Gasteiger partial charge is 0.122 e. The quantitative estimate of drug-likeness (QED) is 0.924. The SMILES string of the molecule is Cc1ccccc1OCC1(O)CCN(C2CCCCC2)C1. The Morgan fingerprint density at radius 1 is 1.24 bits per heavy atom. The van der Waals surface area contributed by atoms with E-state index in [1.165, 1.54) is 32.1 Å². The van der Waals surface area contributed by atoms with Crippen LogP contribution in [0.1, 0.15) is 44.1 Å². The van der Waals surface area contributed by atoms with Gasteiger partial charge in [-0.2, -0.15) is 0 Å². The molecule has 0 aromatic heterocycles. The normalized spacial score (nSPS) is 27.9. The minimum absolute atomic E-state index is 0.404. The summed E-state index contributed by atoms with van der Waals surface area (Å²) in [6, 6.07) is 8.70. The van der Waals surface area contributed by atoms with Gasteiger partial charge in [-0.25, -0.2) is 0 Å². The topological polar surface area (TPSA) is 32.7 Å². The maximum absolute atomic E-state index is 10.8. The maximum atomic E-state index is 10.8. The zero-order valence-electron chi connectivity index (χ0n) is 13.1. The number of aryl methyl sites for hydroxylation is 1. The van der Waals surface area contributed by atoms with Crippen LogP contribution in [0.5, 0.6) is 5.75 Å². The number of benzene rings is 1. The van der Waals surface area contributed by atoms with Gasteiger partial charge in [0.05, 0.1) is 0 Å². The standard InChI is InChI=1S/C18H27NO2/c1-15-7-5-6-10-17(15)21-14-18(20)11-12-19(13-18)16-8-3-2-4-9-16/h5-7,10,16,20H,2-4,8-9,11-14H2,1H3. The number of hydrogen-bond acceptors (Lipinski definition) is 3. The summed E-state index contributed by atoms with van der Waals surface area (Å²) in [5.41, 5.74) is 0.447. The second-order valence-electron chi connectivity index (χ2n) is 6.79. The van der Waals surface area contributed by atoms with Gasteiger partial charge in [0.1, 0.15) is 18.0 Å². The van der Waals surface area contributed by atoms with Crippen molar-refractivity contribution in [3.8, 4) is 5.75 Å². The van der Waals surface area contributed by atoms with Crippen molar-refractivity contribution < 1.29 is 9.84 Å². The first-order valence-corrected chi connectivity index (χ1v) is 8.31. The number of aliphatic hydroxyl groups is 1. The molecule has 1 aromatic rings. The van der Waals surface area contributed by atoms with Crippen molar-refractivity contribution in [2.75, 3.05) is 19.7 Å². The summed E-state index contributed by atoms with van der Waals surface area (Å²) >= 11 is 0. The van der Waals surface area contributed by atoms with E-state index in [-0.39, 0.29) is 0 Å². The van der Waals surface area contributed by atoms with Crippen LogP contribution in [0.2, 0.25) is 0 Å². The van der Waals surface area contributed by atoms with Crippen LogP contribution >= 0.6 is 0 Å². The molecule has 2 fully saturated rings. The summed E-state index contributed by atoms with van der Waals surface area (Å²) in [7, 11) is 0. The molecule has 0 amide bonds. The van der Waals surface area contributed by atoms with E-state index < -0.39 is 5.60 Å². The molecule has 3 rings (SSSR count). The number of nitrogens with zero attached hydrogens (tertiary/aromatic N) is 1. The van der Waals surface area contributed by atoms with E-state index in [4.69, 9.17) is 4.74 Å². The molecule has 1 aliphatic heterocycles. The fourth-order valence-corrected chi connectivity index (χ4v) is 3.69. The fraction of sp³-hybridized carbons (Fsp3) is 0.667. The lowest BCUT2D eigenvalue weighted by Crippen LogP contribution is -2.42. The second kappa shape index (κ2) is 6.37. The minimum atomic E-state index is -0.681. The zero-order chi connectivity index (χ0) is 14.7. The highest BCUT2D eigenvalue weighted by atomic mass is 16.5. The molecule has 116 valence electrons. The van der Waals surface area contributed by atoms with Crippen LogP contribution in [0, 0.1) is 6.92 Å². The third-order valence-corrected chi connectivity index (χ3v) is 5.04. The summed E-state index contributed by atoms with van der Waals surface area (Å²) in [6.07, 6.45) is 7.50. The second-order valence-corrected chi connectivity index (χ2v) is 6.79. The van der Waals surface area contributed by atoms with Crippen molar-refractivity contribution in [1.29, 1.82) is 0 Å². The molecule has 1 heterocycles. The van der Waals surface area contributed by atoms with E-state index in [1.54, 1.807) is 0 Å². The first-order chi connectivity index (χ1) is 10.2. The lowest BCUT2D eigenvalue weighted by molar-refractivity contribution is -0.00134. The predicted molar refractivity (Wildman–Crippen MR) is 84.7 cm³/mol. The van der Waals surface area contributed by atoms with Crippen molar-refractivity contribution in [2.24, 2.45) is 0 Å². The summed E-state index contributed by atoms with van der Waals surface area (Å²) < 4.78 is 5.88. The summed E-state index contributed by atoms with van der Waals surface area (Å²) in [4.78, 5) is 2.49. The van der Waals surface area contributed by atoms with Crippen LogP contribution in [0.25, 0.3) is 0 Å². The van der Waals surface area contributed by atoms with Gasteiger partial charge in [-0.3, -0.25) is 4.90 Å². The first-order valence-electron chi connectivity index (χ1n) is 8.31. The van der Waals surface area contributed by atoms with Gasteiger partial charge in [-0.05, 0) is 37.8 Å². The summed E-state index contributed by atoms with van der Waals surface area (Å²) in [6.45, 7) is 4.23. The zero-order valence-corrected chi connectivity index (χ0v) is 13.1. The predicted octanol–water partition coefficient (Wildman–Crippen LogP) is 3.14. The number of β-amino-alcohol motifs (C(OH)–C–C–N with tert-alkyl or cyclic N) is 1. The molecule has 2 aliphatic rings. The maximum Gasteiger partial charge on any atom is 0.122 e. The van der Waals surface area contributed by atoms with E-state index in [2.05, 4.69) is 4.90 Å². The Morgan fingerprint density at radius 2 is 2.00 bits per heavy atom. The fourth-order valence-electron chi connectivity index (χ4n) is 3.69. The van der Waals surface area contributed by atoms with Gasteiger partial charge < -0.3 is 9.84 Å². The van der Waals surface area contributed by atoms with Gasteiger partial charge >= 0.3 is 0 Å². The molecular weight excluding hydrogens is 262 g/mol. The lowest BCUT2D eigenvalue weighted by atomic mass is 9.94. The van der Waals surface area contributed by atoms with Crippen LogP contribution < -0.4 is 4.74 Å². The Bertz CT molecular complexity index is 470. The number of hydrogen-bond donors (Lipinski definition) is 1. The average molecular weight is 289 g/mol. The van der Waals surface area contributed by atoms with Crippen LogP contribution in [0.15, 0.2) is 24.3 Å². The minimum Gasteiger partial charge on any atom is -0.490 e. The molecule has 3 nitrogen and oxygen atoms in total. The molecule has 1 aliphatic carbocycles. The van der Waals surface area contributed by atoms with Gasteiger partial charge in [0.2, 0.25) is 0 Å². The van der Waals surface area contributed by atoms with Crippen molar-refractivity contribution in [2.45, 2.75) is 57.1 Å². The number of ether oxygens (including phenoxy) is 1. The number of rotatable bonds is 4. The van der Waals surface area contributed by atoms with Gasteiger partial charge in [0, 0.05) is 19.1 Å². The van der Waals surface area contributed by atoms with Gasteiger partial charge in [-0.15, -0.1) is 0 Å². The largest absolute Gasteiger partial charge is 0.490 e. The van der Waals surface area contributed by atoms with Crippen LogP contribution in [0.4, 0.5) is 0 Å². The third-order valence-electron chi connectivity index (χ3n) is 5.04. The molecular formula is C18H27NO2. The van der Waals surface area contributed by atoms with E-state index in [0.717, 1.165) is 30.8 Å². The third kappa shape index (κ3) is 3.58. The van der Waals surface area contributed by atoms with Crippen LogP contribution in [-0.4, -0.2) is 41.3 Å². The van der Waals surface area contributed by atoms with Crippen LogP contribution in [0.3, 0.4) is 0 Å². The van der Waals surface area contributed by atoms with E-state index in [1.807, 2.05) is 31.2 Å². The Labute approximate surface area is 127 Å². The Morgan fingerprint density at radius 3 is 2.76 bits per heavy atom. The van der Waals surface area contributed by atoms with Crippen LogP contribution in [-0.2, 0) is 0 Å². The monoisotopic (exact) mass is 289 g/mol. The first kappa shape index (κ1) is 14.9. The lowest BCUT2D eigenvalue weighted by Gasteiger charge is -2.32. The van der Waals surface area contributed by atoms with Gasteiger partial charge in [0.25, 0.3) is 0 Å². The molecule has 0 spiro atoms. The van der Waals surface area contributed by atoms with Crippen molar-refractivity contribution >= 4 is 0 Å². The van der Waals surface area contributed by atoms with Crippen molar-refractivity contribution in [3.63, 3.8) is 0 Å². The Hall–Kier alpha value is -1.06. The number of likely N-dealkylation sites (tertiary alicyclic amines) is 1. The molecule has 1 saturated carbocycles. The van der Waals surface area contributed by atoms with E-state index in [0.29, 0.717) is 12.6 Å². The molecule has 21 heavy (non-hydrogen) atoms. The molecule has 0 bridgehead atoms. The summed E-state index contributed by atoms with van der Waals surface area (Å²) in [5, 5.41) is 10.8. The van der Waals surface area contributed by atoms with Gasteiger partial charge in [0.15, 0.2) is 0 Å². The molecule has 3 heteroatoms. The average Bonchev–Trinajstić information content (AvgIpc) is 2.90. The van der Waals surface area contributed by atoms with Gasteiger partial charge in [-0.1, -0.05) is 37.5 Å². The molecule has 0 radical (unpaired) electrons. The highest BCUT2D eigenvalue weighted by Gasteiger charge is 2.39. The highest BCUT2D eigenvalue weighted by Crippen LogP contribution is 2.30. The van der Waals surface area contributed by atoms with Crippen molar-refractivity contribution in [1.82, 2.24) is 4.90 Å². The number of para-hydroxylation sites is 1. The Balaban J connectivity index is 1.55. The van der Waals surface area contributed by atoms with E-state index in [9.17, 15) is 5.11 Å². The van der Waals surface area contributed by atoms with Crippen molar-refractivity contribution in [3.05, 3.63) is 29.8 Å². The summed E-state index contributed by atoms with van der Waals surface area (Å²) in [5.74, 6) is 0.891. The molecule has 1 aromatic carbocycles. The molecule has 1 atom stereocenters.